The number of amides is 1. The summed E-state index contributed by atoms with van der Waals surface area (Å²) in [5, 5.41) is 3.48. The lowest BCUT2D eigenvalue weighted by Gasteiger charge is -2.41. The Balaban J connectivity index is 1.79. The Hall–Kier alpha value is -0.810. The first-order chi connectivity index (χ1) is 9.85. The van der Waals surface area contributed by atoms with Crippen LogP contribution >= 0.6 is 0 Å². The topological polar surface area (TPSA) is 44.8 Å². The van der Waals surface area contributed by atoms with Crippen LogP contribution in [0.2, 0.25) is 0 Å². The summed E-state index contributed by atoms with van der Waals surface area (Å²) in [5.41, 5.74) is -0.415. The summed E-state index contributed by atoms with van der Waals surface area (Å²) in [6, 6.07) is 0.227. The molecule has 0 spiro atoms. The Bertz CT molecular complexity index is 348. The van der Waals surface area contributed by atoms with Crippen LogP contribution in [0.25, 0.3) is 0 Å². The predicted octanol–water partition coefficient (Wildman–Crippen LogP) is 1.93. The lowest BCUT2D eigenvalue weighted by atomic mass is 9.98. The molecule has 5 heteroatoms. The molecule has 2 aliphatic heterocycles. The van der Waals surface area contributed by atoms with Gasteiger partial charge in [0, 0.05) is 32.2 Å². The molecule has 2 heterocycles. The summed E-state index contributed by atoms with van der Waals surface area (Å²) in [6.07, 6.45) is 2.44. The first-order valence-electron chi connectivity index (χ1n) is 8.28. The van der Waals surface area contributed by atoms with Gasteiger partial charge in [0.1, 0.15) is 5.60 Å². The number of ether oxygens (including phenoxy) is 1. The fourth-order valence-electron chi connectivity index (χ4n) is 3.24. The standard InChI is InChI=1S/C16H31N3O2/c1-13-11-18(12-14-6-5-7-17-10-14)8-9-19(13)15(20)21-16(2,3)4/h13-14,17H,5-12H2,1-4H3/t13-,14?/m1/s1. The first-order valence-corrected chi connectivity index (χ1v) is 8.28. The summed E-state index contributed by atoms with van der Waals surface area (Å²) >= 11 is 0. The summed E-state index contributed by atoms with van der Waals surface area (Å²) in [7, 11) is 0. The molecule has 0 aromatic heterocycles. The van der Waals surface area contributed by atoms with Crippen LogP contribution in [-0.2, 0) is 4.74 Å². The summed E-state index contributed by atoms with van der Waals surface area (Å²) in [6.45, 7) is 14.0. The number of nitrogens with zero attached hydrogens (tertiary/aromatic N) is 2. The molecule has 0 aromatic carbocycles. The van der Waals surface area contributed by atoms with E-state index in [2.05, 4.69) is 17.1 Å². The smallest absolute Gasteiger partial charge is 0.410 e. The van der Waals surface area contributed by atoms with Crippen LogP contribution in [-0.4, -0.2) is 66.8 Å². The third-order valence-electron chi connectivity index (χ3n) is 4.25. The monoisotopic (exact) mass is 297 g/mol. The van der Waals surface area contributed by atoms with Gasteiger partial charge in [0.05, 0.1) is 0 Å². The van der Waals surface area contributed by atoms with Gasteiger partial charge in [0.25, 0.3) is 0 Å². The maximum atomic E-state index is 12.2. The zero-order valence-corrected chi connectivity index (χ0v) is 14.0. The molecule has 21 heavy (non-hydrogen) atoms. The average Bonchev–Trinajstić information content (AvgIpc) is 2.37. The Morgan fingerprint density at radius 2 is 2.10 bits per heavy atom. The van der Waals surface area contributed by atoms with E-state index in [1.807, 2.05) is 25.7 Å². The minimum absolute atomic E-state index is 0.172. The second-order valence-electron chi connectivity index (χ2n) is 7.49. The zero-order valence-electron chi connectivity index (χ0n) is 14.0. The van der Waals surface area contributed by atoms with Gasteiger partial charge in [0.15, 0.2) is 0 Å². The predicted molar refractivity (Wildman–Crippen MR) is 84.4 cm³/mol. The van der Waals surface area contributed by atoms with Gasteiger partial charge >= 0.3 is 6.09 Å². The fraction of sp³-hybridized carbons (Fsp3) is 0.938. The Morgan fingerprint density at radius 1 is 1.33 bits per heavy atom. The van der Waals surface area contributed by atoms with Crippen molar-refractivity contribution in [2.24, 2.45) is 5.92 Å². The number of carbonyl (C=O) groups excluding carboxylic acids is 1. The first kappa shape index (κ1) is 16.6. The van der Waals surface area contributed by atoms with Gasteiger partial charge < -0.3 is 15.0 Å². The van der Waals surface area contributed by atoms with Gasteiger partial charge in [-0.05, 0) is 59.5 Å². The van der Waals surface area contributed by atoms with Crippen LogP contribution in [0.4, 0.5) is 4.79 Å². The third kappa shape index (κ3) is 5.15. The molecule has 0 saturated carbocycles. The van der Waals surface area contributed by atoms with E-state index in [-0.39, 0.29) is 12.1 Å². The average molecular weight is 297 g/mol. The largest absolute Gasteiger partial charge is 0.444 e. The van der Waals surface area contributed by atoms with Gasteiger partial charge in [-0.2, -0.15) is 0 Å². The second-order valence-corrected chi connectivity index (χ2v) is 7.49. The molecule has 2 aliphatic rings. The normalized spacial score (nSPS) is 28.5. The van der Waals surface area contributed by atoms with Crippen LogP contribution in [0.5, 0.6) is 0 Å². The van der Waals surface area contributed by atoms with Crippen molar-refractivity contribution < 1.29 is 9.53 Å². The number of nitrogens with one attached hydrogen (secondary N) is 1. The number of hydrogen-bond donors (Lipinski definition) is 1. The Morgan fingerprint density at radius 3 is 2.67 bits per heavy atom. The van der Waals surface area contributed by atoms with Crippen LogP contribution < -0.4 is 5.32 Å². The van der Waals surface area contributed by atoms with E-state index in [4.69, 9.17) is 4.74 Å². The minimum atomic E-state index is -0.415. The van der Waals surface area contributed by atoms with Crippen molar-refractivity contribution in [1.29, 1.82) is 0 Å². The van der Waals surface area contributed by atoms with Crippen molar-refractivity contribution in [3.05, 3.63) is 0 Å². The van der Waals surface area contributed by atoms with Gasteiger partial charge in [-0.3, -0.25) is 4.90 Å². The molecule has 0 aliphatic carbocycles. The number of hydrogen-bond acceptors (Lipinski definition) is 4. The van der Waals surface area contributed by atoms with Gasteiger partial charge in [0.2, 0.25) is 0 Å². The highest BCUT2D eigenvalue weighted by Gasteiger charge is 2.31. The molecule has 2 saturated heterocycles. The summed E-state index contributed by atoms with van der Waals surface area (Å²) in [5.74, 6) is 0.763. The van der Waals surface area contributed by atoms with E-state index in [0.29, 0.717) is 0 Å². The highest BCUT2D eigenvalue weighted by molar-refractivity contribution is 5.68. The van der Waals surface area contributed by atoms with Crippen LogP contribution in [0.15, 0.2) is 0 Å². The Labute approximate surface area is 129 Å². The third-order valence-corrected chi connectivity index (χ3v) is 4.25. The van der Waals surface area contributed by atoms with Crippen molar-refractivity contribution in [2.75, 3.05) is 39.3 Å². The number of rotatable bonds is 2. The highest BCUT2D eigenvalue weighted by atomic mass is 16.6. The van der Waals surface area contributed by atoms with Crippen molar-refractivity contribution >= 4 is 6.09 Å². The molecule has 5 nitrogen and oxygen atoms in total. The molecular formula is C16H31N3O2. The molecule has 1 N–H and O–H groups in total. The quantitative estimate of drug-likeness (QED) is 0.846. The van der Waals surface area contributed by atoms with Crippen LogP contribution in [0.1, 0.15) is 40.5 Å². The lowest BCUT2D eigenvalue weighted by molar-refractivity contribution is -0.000579. The second kappa shape index (κ2) is 6.97. The van der Waals surface area contributed by atoms with E-state index in [9.17, 15) is 4.79 Å². The van der Waals surface area contributed by atoms with Gasteiger partial charge in [-0.15, -0.1) is 0 Å². The van der Waals surface area contributed by atoms with Crippen molar-refractivity contribution in [1.82, 2.24) is 15.1 Å². The molecule has 2 fully saturated rings. The number of carbonyl (C=O) groups is 1. The molecule has 0 aromatic rings. The lowest BCUT2D eigenvalue weighted by Crippen LogP contribution is -2.56. The molecule has 2 rings (SSSR count). The molecular weight excluding hydrogens is 266 g/mol. The molecule has 0 bridgehead atoms. The summed E-state index contributed by atoms with van der Waals surface area (Å²) < 4.78 is 5.49. The van der Waals surface area contributed by atoms with E-state index >= 15 is 0 Å². The highest BCUT2D eigenvalue weighted by Crippen LogP contribution is 2.18. The fourth-order valence-corrected chi connectivity index (χ4v) is 3.24. The number of piperidine rings is 1. The maximum absolute atomic E-state index is 12.2. The van der Waals surface area contributed by atoms with Crippen molar-refractivity contribution in [2.45, 2.75) is 52.2 Å². The number of piperazine rings is 1. The Kier molecular flexibility index (Phi) is 5.49. The van der Waals surface area contributed by atoms with Crippen molar-refractivity contribution in [3.8, 4) is 0 Å². The van der Waals surface area contributed by atoms with Gasteiger partial charge in [-0.25, -0.2) is 4.79 Å². The summed E-state index contributed by atoms with van der Waals surface area (Å²) in [4.78, 5) is 16.6. The maximum Gasteiger partial charge on any atom is 0.410 e. The van der Waals surface area contributed by atoms with E-state index in [0.717, 1.165) is 38.6 Å². The van der Waals surface area contributed by atoms with Gasteiger partial charge in [-0.1, -0.05) is 0 Å². The minimum Gasteiger partial charge on any atom is -0.444 e. The molecule has 1 unspecified atom stereocenters. The van der Waals surface area contributed by atoms with E-state index in [1.54, 1.807) is 0 Å². The zero-order chi connectivity index (χ0) is 15.5. The van der Waals surface area contributed by atoms with Crippen LogP contribution in [0.3, 0.4) is 0 Å². The van der Waals surface area contributed by atoms with Crippen molar-refractivity contribution in [3.63, 3.8) is 0 Å². The molecule has 122 valence electrons. The molecule has 0 radical (unpaired) electrons. The van der Waals surface area contributed by atoms with E-state index in [1.165, 1.54) is 19.4 Å². The molecule has 2 atom stereocenters. The SMILES string of the molecule is C[C@@H]1CN(CC2CCCNC2)CCN1C(=O)OC(C)(C)C. The molecule has 1 amide bonds. The van der Waals surface area contributed by atoms with E-state index < -0.39 is 5.60 Å². The van der Waals surface area contributed by atoms with Crippen LogP contribution in [0, 0.1) is 5.92 Å².